The highest BCUT2D eigenvalue weighted by Gasteiger charge is 2.32. The molecule has 2 unspecified atom stereocenters. The van der Waals surface area contributed by atoms with Crippen LogP contribution >= 0.6 is 0 Å². The predicted molar refractivity (Wildman–Crippen MR) is 80.7 cm³/mol. The van der Waals surface area contributed by atoms with Crippen LogP contribution in [0.3, 0.4) is 0 Å². The Kier molecular flexibility index (Phi) is 3.80. The first-order valence-electron chi connectivity index (χ1n) is 7.76. The van der Waals surface area contributed by atoms with Crippen LogP contribution in [-0.4, -0.2) is 44.9 Å². The molecule has 2 aliphatic rings. The topological polar surface area (TPSA) is 87.5 Å². The van der Waals surface area contributed by atoms with Crippen molar-refractivity contribution < 1.29 is 14.7 Å². The lowest BCUT2D eigenvalue weighted by Gasteiger charge is -2.34. The Labute approximate surface area is 129 Å². The first-order chi connectivity index (χ1) is 10.4. The van der Waals surface area contributed by atoms with Gasteiger partial charge in [-0.05, 0) is 25.2 Å². The van der Waals surface area contributed by atoms with Crippen molar-refractivity contribution in [3.05, 3.63) is 11.8 Å². The van der Waals surface area contributed by atoms with Crippen LogP contribution in [0.2, 0.25) is 0 Å². The SMILES string of the molecule is CC1CC(C(=O)O)CN(C(=O)Nc2cc(C3CC3)n(C)n2)C1. The standard InChI is InChI=1S/C15H22N4O3/c1-9-5-11(14(20)21)8-19(7-9)15(22)16-13-6-12(10-3-4-10)18(2)17-13/h6,9-11H,3-5,7-8H2,1-2H3,(H,20,21)(H,16,17,22). The summed E-state index contributed by atoms with van der Waals surface area (Å²) in [5.74, 6) is -0.0288. The number of carbonyl (C=O) groups excluding carboxylic acids is 1. The van der Waals surface area contributed by atoms with Crippen LogP contribution in [-0.2, 0) is 11.8 Å². The molecule has 2 atom stereocenters. The number of nitrogens with one attached hydrogen (secondary N) is 1. The minimum absolute atomic E-state index is 0.186. The smallest absolute Gasteiger partial charge is 0.323 e. The maximum absolute atomic E-state index is 12.4. The van der Waals surface area contributed by atoms with Crippen LogP contribution < -0.4 is 5.32 Å². The second-order valence-electron chi connectivity index (χ2n) is 6.56. The number of carbonyl (C=O) groups is 2. The molecular weight excluding hydrogens is 284 g/mol. The normalized spacial score (nSPS) is 25.1. The molecule has 2 N–H and O–H groups in total. The quantitative estimate of drug-likeness (QED) is 0.892. The zero-order valence-corrected chi connectivity index (χ0v) is 13.0. The lowest BCUT2D eigenvalue weighted by atomic mass is 9.91. The van der Waals surface area contributed by atoms with Gasteiger partial charge in [-0.1, -0.05) is 6.92 Å². The lowest BCUT2D eigenvalue weighted by Crippen LogP contribution is -2.47. The van der Waals surface area contributed by atoms with Crippen molar-refractivity contribution in [3.63, 3.8) is 0 Å². The van der Waals surface area contributed by atoms with E-state index in [9.17, 15) is 14.7 Å². The van der Waals surface area contributed by atoms with E-state index in [1.54, 1.807) is 4.90 Å². The fourth-order valence-corrected chi connectivity index (χ4v) is 3.19. The van der Waals surface area contributed by atoms with Crippen molar-refractivity contribution >= 4 is 17.8 Å². The van der Waals surface area contributed by atoms with Gasteiger partial charge in [-0.15, -0.1) is 0 Å². The largest absolute Gasteiger partial charge is 0.481 e. The number of nitrogens with zero attached hydrogens (tertiary/aromatic N) is 3. The zero-order valence-electron chi connectivity index (χ0n) is 13.0. The summed E-state index contributed by atoms with van der Waals surface area (Å²) in [5.41, 5.74) is 1.14. The van der Waals surface area contributed by atoms with Gasteiger partial charge in [0, 0.05) is 37.8 Å². The highest BCUT2D eigenvalue weighted by atomic mass is 16.4. The van der Waals surface area contributed by atoms with Crippen LogP contribution in [0.15, 0.2) is 6.07 Å². The summed E-state index contributed by atoms with van der Waals surface area (Å²) in [5, 5.41) is 16.3. The number of carboxylic acid groups (broad SMARTS) is 1. The number of aromatic nitrogens is 2. The molecule has 1 aromatic heterocycles. The minimum Gasteiger partial charge on any atom is -0.481 e. The first kappa shape index (κ1) is 14.9. The Morgan fingerprint density at radius 3 is 2.73 bits per heavy atom. The van der Waals surface area contributed by atoms with Gasteiger partial charge in [-0.3, -0.25) is 14.8 Å². The molecule has 2 fully saturated rings. The third-order valence-corrected chi connectivity index (χ3v) is 4.44. The molecule has 1 aromatic rings. The molecule has 2 heterocycles. The number of aliphatic carboxylic acids is 1. The number of piperidine rings is 1. The Hall–Kier alpha value is -2.05. The van der Waals surface area contributed by atoms with Gasteiger partial charge < -0.3 is 10.0 Å². The molecule has 7 heteroatoms. The molecule has 0 spiro atoms. The van der Waals surface area contributed by atoms with E-state index in [4.69, 9.17) is 0 Å². The second-order valence-corrected chi connectivity index (χ2v) is 6.56. The van der Waals surface area contributed by atoms with Crippen molar-refractivity contribution in [1.82, 2.24) is 14.7 Å². The number of rotatable bonds is 3. The number of hydrogen-bond acceptors (Lipinski definition) is 3. The summed E-state index contributed by atoms with van der Waals surface area (Å²) in [4.78, 5) is 25.1. The van der Waals surface area contributed by atoms with Gasteiger partial charge in [0.05, 0.1) is 5.92 Å². The van der Waals surface area contributed by atoms with Gasteiger partial charge in [0.15, 0.2) is 5.82 Å². The van der Waals surface area contributed by atoms with Gasteiger partial charge in [-0.2, -0.15) is 5.10 Å². The highest BCUT2D eigenvalue weighted by Crippen LogP contribution is 2.40. The van der Waals surface area contributed by atoms with Gasteiger partial charge in [0.1, 0.15) is 0 Å². The van der Waals surface area contributed by atoms with Crippen LogP contribution in [0.4, 0.5) is 10.6 Å². The summed E-state index contributed by atoms with van der Waals surface area (Å²) in [6.07, 6.45) is 2.97. The van der Waals surface area contributed by atoms with Crippen LogP contribution in [0, 0.1) is 11.8 Å². The molecule has 3 rings (SSSR count). The molecular formula is C15H22N4O3. The van der Waals surface area contributed by atoms with E-state index >= 15 is 0 Å². The van der Waals surface area contributed by atoms with Crippen molar-refractivity contribution in [1.29, 1.82) is 0 Å². The average Bonchev–Trinajstić information content (AvgIpc) is 3.22. The second kappa shape index (κ2) is 5.62. The zero-order chi connectivity index (χ0) is 15.9. The Morgan fingerprint density at radius 2 is 2.09 bits per heavy atom. The molecule has 0 bridgehead atoms. The van der Waals surface area contributed by atoms with E-state index in [1.807, 2.05) is 24.7 Å². The van der Waals surface area contributed by atoms with Crippen molar-refractivity contribution in [3.8, 4) is 0 Å². The van der Waals surface area contributed by atoms with E-state index in [2.05, 4.69) is 10.4 Å². The monoisotopic (exact) mass is 306 g/mol. The number of aryl methyl sites for hydroxylation is 1. The van der Waals surface area contributed by atoms with Gasteiger partial charge in [0.2, 0.25) is 0 Å². The third kappa shape index (κ3) is 3.08. The first-order valence-corrected chi connectivity index (χ1v) is 7.76. The third-order valence-electron chi connectivity index (χ3n) is 4.44. The van der Waals surface area contributed by atoms with Crippen LogP contribution in [0.1, 0.15) is 37.8 Å². The Balaban J connectivity index is 1.65. The Bertz CT molecular complexity index is 594. The summed E-state index contributed by atoms with van der Waals surface area (Å²) < 4.78 is 1.81. The molecule has 120 valence electrons. The number of amides is 2. The maximum Gasteiger partial charge on any atom is 0.323 e. The van der Waals surface area contributed by atoms with E-state index in [0.29, 0.717) is 24.7 Å². The van der Waals surface area contributed by atoms with E-state index in [-0.39, 0.29) is 18.5 Å². The molecule has 0 aromatic carbocycles. The molecule has 22 heavy (non-hydrogen) atoms. The molecule has 1 saturated carbocycles. The molecule has 0 radical (unpaired) electrons. The lowest BCUT2D eigenvalue weighted by molar-refractivity contribution is -0.143. The number of anilines is 1. The Morgan fingerprint density at radius 1 is 1.36 bits per heavy atom. The van der Waals surface area contributed by atoms with Gasteiger partial charge >= 0.3 is 12.0 Å². The molecule has 1 saturated heterocycles. The van der Waals surface area contributed by atoms with Crippen LogP contribution in [0.25, 0.3) is 0 Å². The summed E-state index contributed by atoms with van der Waals surface area (Å²) >= 11 is 0. The molecule has 2 amide bonds. The van der Waals surface area contributed by atoms with Crippen LogP contribution in [0.5, 0.6) is 0 Å². The van der Waals surface area contributed by atoms with Crippen molar-refractivity contribution in [2.45, 2.75) is 32.1 Å². The predicted octanol–water partition coefficient (Wildman–Crippen LogP) is 1.87. The fraction of sp³-hybridized carbons (Fsp3) is 0.667. The highest BCUT2D eigenvalue weighted by molar-refractivity contribution is 5.89. The summed E-state index contributed by atoms with van der Waals surface area (Å²) in [6.45, 7) is 2.81. The number of carboxylic acids is 1. The maximum atomic E-state index is 12.4. The van der Waals surface area contributed by atoms with Crippen molar-refractivity contribution in [2.75, 3.05) is 18.4 Å². The molecule has 1 aliphatic heterocycles. The van der Waals surface area contributed by atoms with E-state index in [0.717, 1.165) is 5.69 Å². The van der Waals surface area contributed by atoms with Gasteiger partial charge in [0.25, 0.3) is 0 Å². The minimum atomic E-state index is -0.835. The van der Waals surface area contributed by atoms with Gasteiger partial charge in [-0.25, -0.2) is 4.79 Å². The summed E-state index contributed by atoms with van der Waals surface area (Å²) in [6, 6.07) is 1.65. The average molecular weight is 306 g/mol. The van der Waals surface area contributed by atoms with Crippen molar-refractivity contribution in [2.24, 2.45) is 18.9 Å². The number of likely N-dealkylation sites (tertiary alicyclic amines) is 1. The molecule has 7 nitrogen and oxygen atoms in total. The van der Waals surface area contributed by atoms with E-state index < -0.39 is 11.9 Å². The number of urea groups is 1. The van der Waals surface area contributed by atoms with E-state index in [1.165, 1.54) is 12.8 Å². The summed E-state index contributed by atoms with van der Waals surface area (Å²) in [7, 11) is 1.88. The molecule has 1 aliphatic carbocycles. The fourth-order valence-electron chi connectivity index (χ4n) is 3.19. The number of hydrogen-bond donors (Lipinski definition) is 2.